The zero-order chi connectivity index (χ0) is 17.2. The molecule has 140 valence electrons. The number of halogens is 3. The van der Waals surface area contributed by atoms with Gasteiger partial charge in [-0.25, -0.2) is 0 Å². The van der Waals surface area contributed by atoms with Crippen molar-refractivity contribution in [3.05, 3.63) is 0 Å². The molecule has 0 saturated carbocycles. The van der Waals surface area contributed by atoms with Crippen LogP contribution in [0.3, 0.4) is 0 Å². The molecule has 0 N–H and O–H groups in total. The maximum atomic E-state index is 5.87. The molecular weight excluding hydrogens is 383 g/mol. The van der Waals surface area contributed by atoms with E-state index in [2.05, 4.69) is 12.6 Å². The highest BCUT2D eigenvalue weighted by atomic mass is 35.8. The molecule has 0 amide bonds. The van der Waals surface area contributed by atoms with Gasteiger partial charge in [0.25, 0.3) is 0 Å². The highest BCUT2D eigenvalue weighted by Gasteiger charge is 2.23. The second kappa shape index (κ2) is 18.2. The second-order valence-electron chi connectivity index (χ2n) is 6.75. The maximum Gasteiger partial charge on any atom is 0.341 e. The summed E-state index contributed by atoms with van der Waals surface area (Å²) in [6, 6.07) is -1.53. The zero-order valence-corrected chi connectivity index (χ0v) is 19.0. The Morgan fingerprint density at radius 2 is 0.696 bits per heavy atom. The molecule has 0 bridgehead atoms. The normalized spacial score (nSPS) is 12.0. The zero-order valence-electron chi connectivity index (χ0n) is 14.8. The summed E-state index contributed by atoms with van der Waals surface area (Å²) in [6.45, 7) is 0. The quantitative estimate of drug-likeness (QED) is 0.0974. The molecule has 0 aromatic heterocycles. The Kier molecular flexibility index (Phi) is 19.4. The first kappa shape index (κ1) is 24.4. The summed E-state index contributed by atoms with van der Waals surface area (Å²) in [7, 11) is 0. The summed E-state index contributed by atoms with van der Waals surface area (Å²) in [5.41, 5.74) is 0. The minimum Gasteiger partial charge on any atom is -0.179 e. The van der Waals surface area contributed by atoms with E-state index in [1.807, 2.05) is 0 Å². The van der Waals surface area contributed by atoms with Gasteiger partial charge >= 0.3 is 6.00 Å². The lowest BCUT2D eigenvalue weighted by Gasteiger charge is -2.07. The fourth-order valence-corrected chi connectivity index (χ4v) is 4.99. The molecule has 0 heterocycles. The van der Waals surface area contributed by atoms with Crippen LogP contribution in [0, 0.1) is 0 Å². The van der Waals surface area contributed by atoms with E-state index in [-0.39, 0.29) is 0 Å². The van der Waals surface area contributed by atoms with Gasteiger partial charge in [-0.15, -0.1) is 33.2 Å². The topological polar surface area (TPSA) is 0 Å². The lowest BCUT2D eigenvalue weighted by molar-refractivity contribution is 0.531. The number of unbranched alkanes of at least 4 members (excludes halogenated alkanes) is 15. The van der Waals surface area contributed by atoms with Crippen LogP contribution in [0.5, 0.6) is 0 Å². The molecule has 0 fully saturated rings. The van der Waals surface area contributed by atoms with Crippen LogP contribution in [0.2, 0.25) is 6.04 Å². The second-order valence-corrected chi connectivity index (χ2v) is 16.5. The molecule has 0 atom stereocenters. The first-order valence-electron chi connectivity index (χ1n) is 9.74. The lowest BCUT2D eigenvalue weighted by Crippen LogP contribution is -2.07. The predicted octanol–water partition coefficient (Wildman–Crippen LogP) is 8.81. The number of hydrogen-bond acceptors (Lipinski definition) is 1. The molecule has 5 heteroatoms. The van der Waals surface area contributed by atoms with Crippen molar-refractivity contribution in [2.45, 2.75) is 109 Å². The molecular formula is C18H37Cl3SSi. The Hall–Kier alpha value is 1.44. The van der Waals surface area contributed by atoms with Gasteiger partial charge in [0.1, 0.15) is 0 Å². The van der Waals surface area contributed by atoms with Crippen LogP contribution in [0.25, 0.3) is 0 Å². The predicted molar refractivity (Wildman–Crippen MR) is 116 cm³/mol. The molecule has 0 saturated heterocycles. The van der Waals surface area contributed by atoms with Gasteiger partial charge in [-0.05, 0) is 18.2 Å². The van der Waals surface area contributed by atoms with E-state index in [1.165, 1.54) is 96.3 Å². The summed E-state index contributed by atoms with van der Waals surface area (Å²) in [6.07, 6.45) is 21.9. The van der Waals surface area contributed by atoms with Crippen LogP contribution in [-0.2, 0) is 0 Å². The minimum atomic E-state index is -2.35. The Morgan fingerprint density at radius 1 is 0.435 bits per heavy atom. The van der Waals surface area contributed by atoms with Crippen molar-refractivity contribution in [2.75, 3.05) is 5.75 Å². The summed E-state index contributed by atoms with van der Waals surface area (Å²) < 4.78 is 0. The fourth-order valence-electron chi connectivity index (χ4n) is 2.91. The van der Waals surface area contributed by atoms with E-state index in [4.69, 9.17) is 33.2 Å². The van der Waals surface area contributed by atoms with E-state index in [0.717, 1.165) is 18.2 Å². The van der Waals surface area contributed by atoms with Crippen molar-refractivity contribution in [1.82, 2.24) is 0 Å². The van der Waals surface area contributed by atoms with Crippen molar-refractivity contribution < 1.29 is 0 Å². The molecule has 0 rings (SSSR count). The van der Waals surface area contributed by atoms with Gasteiger partial charge < -0.3 is 0 Å². The molecule has 0 spiro atoms. The van der Waals surface area contributed by atoms with E-state index < -0.39 is 6.00 Å². The van der Waals surface area contributed by atoms with Crippen LogP contribution in [0.15, 0.2) is 0 Å². The van der Waals surface area contributed by atoms with E-state index in [9.17, 15) is 0 Å². The maximum absolute atomic E-state index is 5.87. The minimum absolute atomic E-state index is 0.826. The SMILES string of the molecule is SCCCCCCCCCCCCCCCCCC[Si](Cl)(Cl)Cl. The summed E-state index contributed by atoms with van der Waals surface area (Å²) >= 11 is 21.9. The molecule has 0 radical (unpaired) electrons. The third kappa shape index (κ3) is 23.4. The average molecular weight is 420 g/mol. The van der Waals surface area contributed by atoms with Crippen LogP contribution >= 0.6 is 45.9 Å². The van der Waals surface area contributed by atoms with Crippen LogP contribution in [-0.4, -0.2) is 11.8 Å². The Morgan fingerprint density at radius 3 is 0.957 bits per heavy atom. The first-order valence-corrected chi connectivity index (χ1v) is 15.6. The molecule has 0 aliphatic heterocycles. The number of hydrogen-bond donors (Lipinski definition) is 1. The van der Waals surface area contributed by atoms with Crippen LogP contribution in [0.1, 0.15) is 103 Å². The van der Waals surface area contributed by atoms with E-state index in [0.29, 0.717) is 0 Å². The highest BCUT2D eigenvalue weighted by Crippen LogP contribution is 2.27. The first-order chi connectivity index (χ1) is 11.1. The third-order valence-electron chi connectivity index (χ3n) is 4.37. The molecule has 0 aromatic rings. The molecule has 0 aliphatic rings. The van der Waals surface area contributed by atoms with E-state index >= 15 is 0 Å². The summed E-state index contributed by atoms with van der Waals surface area (Å²) in [4.78, 5) is 0. The van der Waals surface area contributed by atoms with Crippen LogP contribution in [0.4, 0.5) is 0 Å². The number of rotatable bonds is 18. The van der Waals surface area contributed by atoms with Gasteiger partial charge in [-0.2, -0.15) is 12.6 Å². The van der Waals surface area contributed by atoms with Gasteiger partial charge in [0.2, 0.25) is 0 Å². The smallest absolute Gasteiger partial charge is 0.179 e. The van der Waals surface area contributed by atoms with Gasteiger partial charge in [-0.3, -0.25) is 0 Å². The van der Waals surface area contributed by atoms with Gasteiger partial charge in [0, 0.05) is 0 Å². The molecule has 0 nitrogen and oxygen atoms in total. The Labute approximate surface area is 166 Å². The average Bonchev–Trinajstić information content (AvgIpc) is 2.49. The van der Waals surface area contributed by atoms with Crippen molar-refractivity contribution in [1.29, 1.82) is 0 Å². The molecule has 0 unspecified atom stereocenters. The Bertz CT molecular complexity index is 235. The summed E-state index contributed by atoms with van der Waals surface area (Å²) in [5, 5.41) is 0. The van der Waals surface area contributed by atoms with Gasteiger partial charge in [0.15, 0.2) is 0 Å². The monoisotopic (exact) mass is 418 g/mol. The summed E-state index contributed by atoms with van der Waals surface area (Å²) in [5.74, 6) is 1.05. The van der Waals surface area contributed by atoms with Gasteiger partial charge in [-0.1, -0.05) is 96.3 Å². The van der Waals surface area contributed by atoms with Crippen molar-refractivity contribution in [3.63, 3.8) is 0 Å². The Balaban J connectivity index is 3.00. The van der Waals surface area contributed by atoms with Gasteiger partial charge in [0.05, 0.1) is 0 Å². The lowest BCUT2D eigenvalue weighted by atomic mass is 10.0. The van der Waals surface area contributed by atoms with Crippen molar-refractivity contribution in [3.8, 4) is 0 Å². The number of thiol groups is 1. The molecule has 0 aromatic carbocycles. The molecule has 23 heavy (non-hydrogen) atoms. The largest absolute Gasteiger partial charge is 0.341 e. The third-order valence-corrected chi connectivity index (χ3v) is 7.31. The van der Waals surface area contributed by atoms with E-state index in [1.54, 1.807) is 0 Å². The highest BCUT2D eigenvalue weighted by molar-refractivity contribution is 7.80. The fraction of sp³-hybridized carbons (Fsp3) is 1.00. The van der Waals surface area contributed by atoms with Crippen molar-refractivity contribution >= 4 is 51.9 Å². The van der Waals surface area contributed by atoms with Crippen molar-refractivity contribution in [2.24, 2.45) is 0 Å². The standard InChI is InChI=1S/C18H37Cl3SSi/c19-23(20,21)18-16-14-12-10-8-6-4-2-1-3-5-7-9-11-13-15-17-22/h22H,1-18H2. The van der Waals surface area contributed by atoms with Crippen LogP contribution < -0.4 is 0 Å². The molecule has 0 aliphatic carbocycles.